The molecule has 0 spiro atoms. The second kappa shape index (κ2) is 9.52. The zero-order chi connectivity index (χ0) is 17.4. The molecule has 1 aliphatic carbocycles. The smallest absolute Gasteiger partial charge is 0.193 e. The number of likely N-dealkylation sites (N-methyl/N-ethyl adjacent to an activating group) is 1. The zero-order valence-electron chi connectivity index (χ0n) is 15.6. The molecule has 0 unspecified atom stereocenters. The molecule has 1 saturated carbocycles. The number of aliphatic imine (C=N–C) groups is 1. The van der Waals surface area contributed by atoms with E-state index < -0.39 is 0 Å². The number of hydrogen-bond donors (Lipinski definition) is 1. The molecular weight excluding hydrogens is 300 g/mol. The van der Waals surface area contributed by atoms with Crippen LogP contribution in [0.1, 0.15) is 31.2 Å². The first kappa shape index (κ1) is 18.6. The van der Waals surface area contributed by atoms with Gasteiger partial charge in [0.05, 0.1) is 7.11 Å². The van der Waals surface area contributed by atoms with Crippen LogP contribution in [0.3, 0.4) is 0 Å². The molecule has 1 aliphatic rings. The van der Waals surface area contributed by atoms with Crippen molar-refractivity contribution in [2.75, 3.05) is 41.3 Å². The Hall–Kier alpha value is -1.75. The van der Waals surface area contributed by atoms with Gasteiger partial charge in [-0.1, -0.05) is 31.0 Å². The van der Waals surface area contributed by atoms with Crippen LogP contribution in [0.4, 0.5) is 0 Å². The molecule has 2 rings (SSSR count). The van der Waals surface area contributed by atoms with Crippen molar-refractivity contribution >= 4 is 5.96 Å². The Morgan fingerprint density at radius 3 is 2.62 bits per heavy atom. The summed E-state index contributed by atoms with van der Waals surface area (Å²) in [5.41, 5.74) is 1.16. The normalized spacial score (nSPS) is 15.8. The fourth-order valence-electron chi connectivity index (χ4n) is 3.42. The van der Waals surface area contributed by atoms with Gasteiger partial charge < -0.3 is 19.9 Å². The number of hydrogen-bond acceptors (Lipinski definition) is 3. The number of methoxy groups -OCH3 is 1. The maximum atomic E-state index is 5.44. The fraction of sp³-hybridized carbons (Fsp3) is 0.632. The van der Waals surface area contributed by atoms with Crippen LogP contribution in [0.25, 0.3) is 0 Å². The number of nitrogens with one attached hydrogen (secondary N) is 1. The molecule has 5 heteroatoms. The van der Waals surface area contributed by atoms with Gasteiger partial charge >= 0.3 is 0 Å². The molecular formula is C19H32N4O. The lowest BCUT2D eigenvalue weighted by atomic mass is 10.2. The summed E-state index contributed by atoms with van der Waals surface area (Å²) in [6.07, 6.45) is 5.45. The lowest BCUT2D eigenvalue weighted by Crippen LogP contribution is -2.43. The number of nitrogens with zero attached hydrogens (tertiary/aromatic N) is 3. The molecule has 5 nitrogen and oxygen atoms in total. The van der Waals surface area contributed by atoms with Crippen molar-refractivity contribution in [3.8, 4) is 5.75 Å². The predicted octanol–water partition coefficient (Wildman–Crippen LogP) is 2.58. The third-order valence-electron chi connectivity index (χ3n) is 4.87. The van der Waals surface area contributed by atoms with Crippen molar-refractivity contribution in [3.63, 3.8) is 0 Å². The highest BCUT2D eigenvalue weighted by Crippen LogP contribution is 2.22. The third-order valence-corrected chi connectivity index (χ3v) is 4.87. The Bertz CT molecular complexity index is 526. The van der Waals surface area contributed by atoms with Crippen molar-refractivity contribution in [3.05, 3.63) is 29.8 Å². The maximum absolute atomic E-state index is 5.44. The minimum atomic E-state index is 0.764. The Kier molecular flexibility index (Phi) is 7.37. The lowest BCUT2D eigenvalue weighted by molar-refractivity contribution is 0.248. The molecule has 1 fully saturated rings. The quantitative estimate of drug-likeness (QED) is 0.615. The molecule has 0 atom stereocenters. The van der Waals surface area contributed by atoms with E-state index in [0.717, 1.165) is 42.9 Å². The number of rotatable bonds is 7. The number of para-hydroxylation sites is 1. The van der Waals surface area contributed by atoms with E-state index in [1.807, 2.05) is 25.2 Å². The van der Waals surface area contributed by atoms with Crippen molar-refractivity contribution in [1.82, 2.24) is 15.1 Å². The topological polar surface area (TPSA) is 40.1 Å². The van der Waals surface area contributed by atoms with Crippen LogP contribution in [-0.2, 0) is 6.54 Å². The molecule has 0 aliphatic heterocycles. The van der Waals surface area contributed by atoms with E-state index in [0.29, 0.717) is 0 Å². The van der Waals surface area contributed by atoms with Gasteiger partial charge in [0.25, 0.3) is 0 Å². The van der Waals surface area contributed by atoms with Crippen LogP contribution < -0.4 is 10.1 Å². The standard InChI is InChI=1S/C19H32N4O/c1-20-19(21-13-14-22(2)17-10-6-7-11-17)23(3)15-16-9-5-8-12-18(16)24-4/h5,8-9,12,17H,6-7,10-11,13-15H2,1-4H3,(H,20,21). The van der Waals surface area contributed by atoms with Gasteiger partial charge in [0.15, 0.2) is 5.96 Å². The first-order chi connectivity index (χ1) is 11.7. The summed E-state index contributed by atoms with van der Waals surface area (Å²) >= 11 is 0. The van der Waals surface area contributed by atoms with Crippen molar-refractivity contribution < 1.29 is 4.74 Å². The van der Waals surface area contributed by atoms with Gasteiger partial charge in [0.1, 0.15) is 5.75 Å². The molecule has 1 aromatic rings. The Morgan fingerprint density at radius 2 is 1.96 bits per heavy atom. The van der Waals surface area contributed by atoms with Crippen LogP contribution in [0.5, 0.6) is 5.75 Å². The second-order valence-corrected chi connectivity index (χ2v) is 6.56. The summed E-state index contributed by atoms with van der Waals surface area (Å²) in [5, 5.41) is 3.47. The van der Waals surface area contributed by atoms with E-state index in [1.165, 1.54) is 25.7 Å². The highest BCUT2D eigenvalue weighted by molar-refractivity contribution is 5.79. The zero-order valence-corrected chi connectivity index (χ0v) is 15.6. The van der Waals surface area contributed by atoms with E-state index in [9.17, 15) is 0 Å². The van der Waals surface area contributed by atoms with Crippen LogP contribution >= 0.6 is 0 Å². The SMILES string of the molecule is CN=C(NCCN(C)C1CCCC1)N(C)Cc1ccccc1OC. The summed E-state index contributed by atoms with van der Waals surface area (Å²) in [7, 11) is 7.84. The lowest BCUT2D eigenvalue weighted by Gasteiger charge is -2.26. The highest BCUT2D eigenvalue weighted by Gasteiger charge is 2.19. The summed E-state index contributed by atoms with van der Waals surface area (Å²) in [4.78, 5) is 9.02. The van der Waals surface area contributed by atoms with E-state index in [1.54, 1.807) is 7.11 Å². The summed E-state index contributed by atoms with van der Waals surface area (Å²) in [6, 6.07) is 8.89. The summed E-state index contributed by atoms with van der Waals surface area (Å²) in [5.74, 6) is 1.83. The van der Waals surface area contributed by atoms with Gasteiger partial charge in [-0.3, -0.25) is 4.99 Å². The first-order valence-corrected chi connectivity index (χ1v) is 8.89. The fourth-order valence-corrected chi connectivity index (χ4v) is 3.42. The van der Waals surface area contributed by atoms with Crippen LogP contribution in [0.15, 0.2) is 29.3 Å². The average molecular weight is 332 g/mol. The molecule has 0 aromatic heterocycles. The van der Waals surface area contributed by atoms with Gasteiger partial charge in [-0.2, -0.15) is 0 Å². The summed E-state index contributed by atoms with van der Waals surface area (Å²) < 4.78 is 5.44. The second-order valence-electron chi connectivity index (χ2n) is 6.56. The van der Waals surface area contributed by atoms with Gasteiger partial charge in [-0.05, 0) is 26.0 Å². The van der Waals surface area contributed by atoms with Crippen molar-refractivity contribution in [1.29, 1.82) is 0 Å². The molecule has 24 heavy (non-hydrogen) atoms. The number of ether oxygens (including phenoxy) is 1. The van der Waals surface area contributed by atoms with Crippen LogP contribution in [-0.4, -0.2) is 63.1 Å². The van der Waals surface area contributed by atoms with Gasteiger partial charge in [0, 0.05) is 45.3 Å². The average Bonchev–Trinajstić information content (AvgIpc) is 3.13. The molecule has 0 radical (unpaired) electrons. The van der Waals surface area contributed by atoms with E-state index in [-0.39, 0.29) is 0 Å². The number of benzene rings is 1. The third kappa shape index (κ3) is 5.13. The number of guanidine groups is 1. The van der Waals surface area contributed by atoms with Gasteiger partial charge in [-0.25, -0.2) is 0 Å². The monoisotopic (exact) mass is 332 g/mol. The Morgan fingerprint density at radius 1 is 1.25 bits per heavy atom. The Labute approximate surface area is 146 Å². The Balaban J connectivity index is 1.82. The molecule has 0 bridgehead atoms. The highest BCUT2D eigenvalue weighted by atomic mass is 16.5. The van der Waals surface area contributed by atoms with Gasteiger partial charge in [-0.15, -0.1) is 0 Å². The first-order valence-electron chi connectivity index (χ1n) is 8.89. The molecule has 0 heterocycles. The largest absolute Gasteiger partial charge is 0.496 e. The molecule has 0 amide bonds. The molecule has 134 valence electrons. The minimum Gasteiger partial charge on any atom is -0.496 e. The van der Waals surface area contributed by atoms with Crippen LogP contribution in [0, 0.1) is 0 Å². The molecule has 1 aromatic carbocycles. The van der Waals surface area contributed by atoms with E-state index in [2.05, 4.69) is 40.3 Å². The molecule has 0 saturated heterocycles. The summed E-state index contributed by atoms with van der Waals surface area (Å²) in [6.45, 7) is 2.73. The van der Waals surface area contributed by atoms with Gasteiger partial charge in [0.2, 0.25) is 0 Å². The maximum Gasteiger partial charge on any atom is 0.193 e. The van der Waals surface area contributed by atoms with E-state index >= 15 is 0 Å². The predicted molar refractivity (Wildman–Crippen MR) is 101 cm³/mol. The van der Waals surface area contributed by atoms with Crippen molar-refractivity contribution in [2.45, 2.75) is 38.3 Å². The van der Waals surface area contributed by atoms with Crippen LogP contribution in [0.2, 0.25) is 0 Å². The minimum absolute atomic E-state index is 0.764. The van der Waals surface area contributed by atoms with E-state index in [4.69, 9.17) is 4.74 Å². The van der Waals surface area contributed by atoms with Crippen molar-refractivity contribution in [2.24, 2.45) is 4.99 Å². The molecule has 1 N–H and O–H groups in total.